The van der Waals surface area contributed by atoms with E-state index in [1.54, 1.807) is 14.2 Å². The standard InChI is InChI=1S/C38H42Cl2N6O4/c1-37(17-15-31(47)45-37)21-41-19-23-11-13-29(43-35(23)49-3)27-9-5-7-25(33(27)39)26-8-6-10-28(34(26)40)30-14-12-24(36(44-30)50-4)20-42-22-38(2)18-16-32(48)46-38/h5-14,41-42H,15-22H2,1-4H3,(H,45,47)(H,46,48)/t37-,38-/m1/s1. The van der Waals surface area contributed by atoms with Gasteiger partial charge in [-0.25, -0.2) is 9.97 Å². The van der Waals surface area contributed by atoms with Crippen molar-refractivity contribution in [1.82, 2.24) is 31.2 Å². The normalized spacial score (nSPS) is 20.1. The highest BCUT2D eigenvalue weighted by Crippen LogP contribution is 2.42. The molecule has 0 aliphatic carbocycles. The molecule has 0 spiro atoms. The van der Waals surface area contributed by atoms with E-state index in [9.17, 15) is 9.59 Å². The molecule has 12 heteroatoms. The lowest BCUT2D eigenvalue weighted by molar-refractivity contribution is -0.120. The van der Waals surface area contributed by atoms with Crippen molar-refractivity contribution in [2.45, 2.75) is 63.7 Å². The molecule has 262 valence electrons. The van der Waals surface area contributed by atoms with Gasteiger partial charge in [-0.3, -0.25) is 9.59 Å². The molecule has 2 aromatic heterocycles. The largest absolute Gasteiger partial charge is 0.481 e. The lowest BCUT2D eigenvalue weighted by Gasteiger charge is -2.24. The van der Waals surface area contributed by atoms with Gasteiger partial charge in [-0.15, -0.1) is 0 Å². The lowest BCUT2D eigenvalue weighted by Crippen LogP contribution is -2.46. The zero-order chi connectivity index (χ0) is 35.5. The summed E-state index contributed by atoms with van der Waals surface area (Å²) in [5.41, 5.74) is 5.61. The maximum absolute atomic E-state index is 11.7. The smallest absolute Gasteiger partial charge is 0.220 e. The van der Waals surface area contributed by atoms with Crippen LogP contribution in [0.4, 0.5) is 0 Å². The summed E-state index contributed by atoms with van der Waals surface area (Å²) in [6.45, 7) is 6.45. The molecule has 2 saturated heterocycles. The van der Waals surface area contributed by atoms with Crippen LogP contribution >= 0.6 is 23.2 Å². The first-order chi connectivity index (χ1) is 24.0. The molecule has 0 radical (unpaired) electrons. The number of hydrogen-bond donors (Lipinski definition) is 4. The number of ether oxygens (including phenoxy) is 2. The second-order valence-corrected chi connectivity index (χ2v) is 14.2. The highest BCUT2D eigenvalue weighted by molar-refractivity contribution is 6.39. The number of nitrogens with zero attached hydrogens (tertiary/aromatic N) is 2. The van der Waals surface area contributed by atoms with Crippen LogP contribution in [0.2, 0.25) is 10.0 Å². The molecule has 4 N–H and O–H groups in total. The molecule has 2 aliphatic heterocycles. The predicted octanol–water partition coefficient (Wildman–Crippen LogP) is 6.32. The van der Waals surface area contributed by atoms with Crippen molar-refractivity contribution in [2.75, 3.05) is 27.3 Å². The highest BCUT2D eigenvalue weighted by atomic mass is 35.5. The van der Waals surface area contributed by atoms with Crippen LogP contribution in [0, 0.1) is 0 Å². The van der Waals surface area contributed by atoms with Gasteiger partial charge in [-0.05, 0) is 38.8 Å². The van der Waals surface area contributed by atoms with Crippen molar-refractivity contribution in [3.63, 3.8) is 0 Å². The van der Waals surface area contributed by atoms with E-state index in [0.29, 0.717) is 72.2 Å². The summed E-state index contributed by atoms with van der Waals surface area (Å²) in [5, 5.41) is 14.0. The first-order valence-corrected chi connectivity index (χ1v) is 17.5. The van der Waals surface area contributed by atoms with Gasteiger partial charge >= 0.3 is 0 Å². The van der Waals surface area contributed by atoms with Gasteiger partial charge in [0.2, 0.25) is 23.6 Å². The van der Waals surface area contributed by atoms with E-state index in [2.05, 4.69) is 21.3 Å². The van der Waals surface area contributed by atoms with Crippen LogP contribution in [-0.4, -0.2) is 60.2 Å². The molecule has 50 heavy (non-hydrogen) atoms. The average molecular weight is 718 g/mol. The van der Waals surface area contributed by atoms with Gasteiger partial charge in [0.05, 0.1) is 46.7 Å². The number of methoxy groups -OCH3 is 2. The number of nitrogens with one attached hydrogen (secondary N) is 4. The maximum Gasteiger partial charge on any atom is 0.220 e. The molecule has 6 rings (SSSR count). The van der Waals surface area contributed by atoms with E-state index in [4.69, 9.17) is 42.6 Å². The molecule has 0 unspecified atom stereocenters. The van der Waals surface area contributed by atoms with Gasteiger partial charge in [0, 0.05) is 72.4 Å². The van der Waals surface area contributed by atoms with Gasteiger partial charge in [-0.1, -0.05) is 71.7 Å². The van der Waals surface area contributed by atoms with Crippen molar-refractivity contribution in [3.05, 3.63) is 81.8 Å². The summed E-state index contributed by atoms with van der Waals surface area (Å²) in [4.78, 5) is 33.0. The lowest BCUT2D eigenvalue weighted by atomic mass is 9.98. The van der Waals surface area contributed by atoms with E-state index in [-0.39, 0.29) is 22.9 Å². The minimum Gasteiger partial charge on any atom is -0.481 e. The van der Waals surface area contributed by atoms with Crippen LogP contribution in [0.3, 0.4) is 0 Å². The Kier molecular flexibility index (Phi) is 10.6. The maximum atomic E-state index is 11.7. The van der Waals surface area contributed by atoms with Gasteiger partial charge in [0.1, 0.15) is 0 Å². The topological polar surface area (TPSA) is 126 Å². The second-order valence-electron chi connectivity index (χ2n) is 13.5. The van der Waals surface area contributed by atoms with Crippen LogP contribution in [0.25, 0.3) is 33.6 Å². The number of pyridine rings is 2. The number of rotatable bonds is 13. The van der Waals surface area contributed by atoms with Crippen LogP contribution in [-0.2, 0) is 22.7 Å². The molecule has 4 heterocycles. The van der Waals surface area contributed by atoms with Gasteiger partial charge in [0.25, 0.3) is 0 Å². The predicted molar refractivity (Wildman–Crippen MR) is 196 cm³/mol. The average Bonchev–Trinajstić information content (AvgIpc) is 3.64. The Hall–Kier alpha value is -4.22. The van der Waals surface area contributed by atoms with Crippen LogP contribution < -0.4 is 30.7 Å². The number of aromatic nitrogens is 2. The highest BCUT2D eigenvalue weighted by Gasteiger charge is 2.33. The van der Waals surface area contributed by atoms with E-state index >= 15 is 0 Å². The second kappa shape index (κ2) is 14.9. The summed E-state index contributed by atoms with van der Waals surface area (Å²) in [7, 11) is 3.20. The number of hydrogen-bond acceptors (Lipinski definition) is 8. The van der Waals surface area contributed by atoms with Crippen LogP contribution in [0.5, 0.6) is 11.8 Å². The molecular formula is C38H42Cl2N6O4. The van der Waals surface area contributed by atoms with Gasteiger partial charge in [-0.2, -0.15) is 0 Å². The van der Waals surface area contributed by atoms with E-state index in [1.807, 2.05) is 74.5 Å². The first-order valence-electron chi connectivity index (χ1n) is 16.7. The Morgan fingerprint density at radius 1 is 0.660 bits per heavy atom. The Bertz CT molecular complexity index is 1790. The Morgan fingerprint density at radius 2 is 1.06 bits per heavy atom. The SMILES string of the molecule is COc1nc(-c2cccc(-c3cccc(-c4ccc(CNC[C@@]5(C)CCC(=O)N5)c(OC)n4)c3Cl)c2Cl)ccc1CNC[C@@]1(C)CCC(=O)N1. The van der Waals surface area contributed by atoms with Crippen molar-refractivity contribution in [2.24, 2.45) is 0 Å². The number of benzene rings is 2. The molecular weight excluding hydrogens is 675 g/mol. The van der Waals surface area contributed by atoms with E-state index < -0.39 is 0 Å². The van der Waals surface area contributed by atoms with Crippen LogP contribution in [0.15, 0.2) is 60.7 Å². The third-order valence-corrected chi connectivity index (χ3v) is 10.3. The minimum absolute atomic E-state index is 0.0863. The summed E-state index contributed by atoms with van der Waals surface area (Å²) >= 11 is 14.2. The van der Waals surface area contributed by atoms with Crippen molar-refractivity contribution in [1.29, 1.82) is 0 Å². The third kappa shape index (κ3) is 7.73. The zero-order valence-corrected chi connectivity index (χ0v) is 30.2. The summed E-state index contributed by atoms with van der Waals surface area (Å²) in [6, 6.07) is 19.4. The Balaban J connectivity index is 1.20. The van der Waals surface area contributed by atoms with Crippen LogP contribution in [0.1, 0.15) is 50.7 Å². The zero-order valence-electron chi connectivity index (χ0n) is 28.7. The van der Waals surface area contributed by atoms with E-state index in [1.165, 1.54) is 0 Å². The molecule has 10 nitrogen and oxygen atoms in total. The fraction of sp³-hybridized carbons (Fsp3) is 0.368. The van der Waals surface area contributed by atoms with E-state index in [0.717, 1.165) is 46.2 Å². The summed E-state index contributed by atoms with van der Waals surface area (Å²) in [6.07, 6.45) is 2.70. The monoisotopic (exact) mass is 716 g/mol. The first kappa shape index (κ1) is 35.6. The van der Waals surface area contributed by atoms with Gasteiger partial charge < -0.3 is 30.7 Å². The quantitative estimate of drug-likeness (QED) is 0.127. The summed E-state index contributed by atoms with van der Waals surface area (Å²) in [5.74, 6) is 1.16. The molecule has 2 aliphatic rings. The molecule has 2 aromatic carbocycles. The molecule has 0 saturated carbocycles. The molecule has 2 fully saturated rings. The van der Waals surface area contributed by atoms with Crippen molar-refractivity contribution >= 4 is 35.0 Å². The molecule has 2 atom stereocenters. The Labute approximate surface area is 302 Å². The number of amides is 2. The summed E-state index contributed by atoms with van der Waals surface area (Å²) < 4.78 is 11.3. The van der Waals surface area contributed by atoms with Crippen molar-refractivity contribution in [3.8, 4) is 45.4 Å². The number of carbonyl (C=O) groups is 2. The molecule has 0 bridgehead atoms. The Morgan fingerprint density at radius 3 is 1.42 bits per heavy atom. The fourth-order valence-electron chi connectivity index (χ4n) is 6.65. The number of carbonyl (C=O) groups excluding carboxylic acids is 2. The molecule has 2 amide bonds. The van der Waals surface area contributed by atoms with Gasteiger partial charge in [0.15, 0.2) is 0 Å². The minimum atomic E-state index is -0.261. The van der Waals surface area contributed by atoms with Crippen molar-refractivity contribution < 1.29 is 19.1 Å². The fourth-order valence-corrected chi connectivity index (χ4v) is 7.30. The third-order valence-electron chi connectivity index (χ3n) is 9.46. The number of halogens is 2. The molecule has 4 aromatic rings.